The van der Waals surface area contributed by atoms with E-state index in [4.69, 9.17) is 9.47 Å². The molecule has 98 valence electrons. The van der Waals surface area contributed by atoms with Crippen LogP contribution in [-0.2, 0) is 15.9 Å². The van der Waals surface area contributed by atoms with Crippen molar-refractivity contribution in [1.29, 1.82) is 0 Å². The number of hydrogen-bond donors (Lipinski definition) is 0. The summed E-state index contributed by atoms with van der Waals surface area (Å²) in [6, 6.07) is 10.5. The van der Waals surface area contributed by atoms with E-state index < -0.39 is 0 Å². The molecule has 0 aromatic heterocycles. The smallest absolute Gasteiger partial charge is 0.160 e. The van der Waals surface area contributed by atoms with E-state index in [0.717, 1.165) is 12.8 Å². The van der Waals surface area contributed by atoms with E-state index in [1.54, 1.807) is 7.11 Å². The Labute approximate surface area is 110 Å². The topological polar surface area (TPSA) is 18.5 Å². The van der Waals surface area contributed by atoms with Crippen molar-refractivity contribution >= 4 is 0 Å². The predicted molar refractivity (Wildman–Crippen MR) is 73.3 cm³/mol. The molecule has 1 aliphatic heterocycles. The summed E-state index contributed by atoms with van der Waals surface area (Å²) < 4.78 is 11.3. The van der Waals surface area contributed by atoms with Crippen LogP contribution >= 0.6 is 0 Å². The average Bonchev–Trinajstić information content (AvgIpc) is 2.73. The van der Waals surface area contributed by atoms with Gasteiger partial charge in [0.05, 0.1) is 6.10 Å². The Kier molecular flexibility index (Phi) is 4.56. The molecule has 1 aromatic rings. The summed E-state index contributed by atoms with van der Waals surface area (Å²) in [6.45, 7) is 6.10. The van der Waals surface area contributed by atoms with Crippen molar-refractivity contribution in [3.05, 3.63) is 48.6 Å². The fourth-order valence-electron chi connectivity index (χ4n) is 2.76. The van der Waals surface area contributed by atoms with Crippen LogP contribution in [-0.4, -0.2) is 19.5 Å². The Balaban J connectivity index is 1.94. The van der Waals surface area contributed by atoms with Gasteiger partial charge in [-0.3, -0.25) is 0 Å². The SMILES string of the molecule is C=C[C@H]1[C@H](C)[C@H](OC)O[C@@H]1CCc1ccccc1. The summed E-state index contributed by atoms with van der Waals surface area (Å²) >= 11 is 0. The molecule has 1 saturated heterocycles. The van der Waals surface area contributed by atoms with Crippen LogP contribution in [0, 0.1) is 11.8 Å². The molecule has 18 heavy (non-hydrogen) atoms. The van der Waals surface area contributed by atoms with E-state index in [-0.39, 0.29) is 12.4 Å². The van der Waals surface area contributed by atoms with Crippen LogP contribution in [0.2, 0.25) is 0 Å². The highest BCUT2D eigenvalue weighted by Gasteiger charge is 2.39. The summed E-state index contributed by atoms with van der Waals surface area (Å²) in [7, 11) is 1.71. The Bertz CT molecular complexity index is 374. The first kappa shape index (κ1) is 13.3. The van der Waals surface area contributed by atoms with Gasteiger partial charge in [-0.25, -0.2) is 0 Å². The maximum absolute atomic E-state index is 5.95. The maximum atomic E-state index is 5.95. The molecule has 0 unspecified atom stereocenters. The van der Waals surface area contributed by atoms with Gasteiger partial charge in [0.2, 0.25) is 0 Å². The van der Waals surface area contributed by atoms with E-state index in [1.807, 2.05) is 12.1 Å². The highest BCUT2D eigenvalue weighted by molar-refractivity contribution is 5.15. The highest BCUT2D eigenvalue weighted by Crippen LogP contribution is 2.35. The minimum absolute atomic E-state index is 0.0891. The average molecular weight is 246 g/mol. The van der Waals surface area contributed by atoms with Gasteiger partial charge < -0.3 is 9.47 Å². The molecule has 2 nitrogen and oxygen atoms in total. The molecule has 2 heteroatoms. The maximum Gasteiger partial charge on any atom is 0.160 e. The molecule has 1 heterocycles. The molecule has 2 rings (SSSR count). The molecule has 0 amide bonds. The molecule has 0 spiro atoms. The molecule has 0 aliphatic carbocycles. The highest BCUT2D eigenvalue weighted by atomic mass is 16.7. The van der Waals surface area contributed by atoms with Gasteiger partial charge in [-0.1, -0.05) is 43.3 Å². The van der Waals surface area contributed by atoms with Crippen LogP contribution in [0.1, 0.15) is 18.9 Å². The third-order valence-corrected chi connectivity index (χ3v) is 3.84. The predicted octanol–water partition coefficient (Wildman–Crippen LogP) is 3.43. The van der Waals surface area contributed by atoms with Crippen LogP contribution < -0.4 is 0 Å². The van der Waals surface area contributed by atoms with Crippen molar-refractivity contribution < 1.29 is 9.47 Å². The number of benzene rings is 1. The first-order valence-corrected chi connectivity index (χ1v) is 6.61. The number of ether oxygens (including phenoxy) is 2. The van der Waals surface area contributed by atoms with Crippen molar-refractivity contribution in [2.24, 2.45) is 11.8 Å². The minimum atomic E-state index is -0.0891. The van der Waals surface area contributed by atoms with E-state index in [1.165, 1.54) is 5.56 Å². The number of hydrogen-bond acceptors (Lipinski definition) is 2. The molecule has 0 bridgehead atoms. The van der Waals surface area contributed by atoms with Crippen LogP contribution in [0.4, 0.5) is 0 Å². The monoisotopic (exact) mass is 246 g/mol. The summed E-state index contributed by atoms with van der Waals surface area (Å²) in [6.07, 6.45) is 4.21. The van der Waals surface area contributed by atoms with Gasteiger partial charge in [0.15, 0.2) is 6.29 Å². The number of aryl methyl sites for hydroxylation is 1. The molecule has 0 radical (unpaired) electrons. The molecule has 1 aliphatic rings. The van der Waals surface area contributed by atoms with Gasteiger partial charge in [0.25, 0.3) is 0 Å². The third-order valence-electron chi connectivity index (χ3n) is 3.84. The van der Waals surface area contributed by atoms with Crippen LogP contribution in [0.15, 0.2) is 43.0 Å². The van der Waals surface area contributed by atoms with Crippen LogP contribution in [0.5, 0.6) is 0 Å². The first-order valence-electron chi connectivity index (χ1n) is 6.61. The molecule has 4 atom stereocenters. The molecular formula is C16H22O2. The second-order valence-electron chi connectivity index (χ2n) is 4.98. The molecule has 0 saturated carbocycles. The second-order valence-corrected chi connectivity index (χ2v) is 4.98. The summed E-state index contributed by atoms with van der Waals surface area (Å²) in [5.41, 5.74) is 1.36. The van der Waals surface area contributed by atoms with E-state index in [0.29, 0.717) is 11.8 Å². The Morgan fingerprint density at radius 1 is 1.33 bits per heavy atom. The van der Waals surface area contributed by atoms with Gasteiger partial charge in [0, 0.05) is 18.9 Å². The number of methoxy groups -OCH3 is 1. The zero-order valence-electron chi connectivity index (χ0n) is 11.2. The van der Waals surface area contributed by atoms with Crippen LogP contribution in [0.25, 0.3) is 0 Å². The quantitative estimate of drug-likeness (QED) is 0.741. The Hall–Kier alpha value is -1.12. The van der Waals surface area contributed by atoms with Crippen LogP contribution in [0.3, 0.4) is 0 Å². The molecule has 0 N–H and O–H groups in total. The second kappa shape index (κ2) is 6.17. The summed E-state index contributed by atoms with van der Waals surface area (Å²) in [4.78, 5) is 0. The normalized spacial score (nSPS) is 31.4. The molecule has 1 fully saturated rings. The van der Waals surface area contributed by atoms with Crippen molar-refractivity contribution in [3.8, 4) is 0 Å². The lowest BCUT2D eigenvalue weighted by atomic mass is 9.89. The van der Waals surface area contributed by atoms with Gasteiger partial charge in [0.1, 0.15) is 0 Å². The van der Waals surface area contributed by atoms with E-state index in [2.05, 4.69) is 37.8 Å². The van der Waals surface area contributed by atoms with E-state index >= 15 is 0 Å². The van der Waals surface area contributed by atoms with Gasteiger partial charge in [-0.2, -0.15) is 0 Å². The van der Waals surface area contributed by atoms with Crippen molar-refractivity contribution in [2.75, 3.05) is 7.11 Å². The van der Waals surface area contributed by atoms with Crippen molar-refractivity contribution in [2.45, 2.75) is 32.2 Å². The lowest BCUT2D eigenvalue weighted by molar-refractivity contribution is -0.130. The fourth-order valence-corrected chi connectivity index (χ4v) is 2.76. The lowest BCUT2D eigenvalue weighted by Crippen LogP contribution is -2.18. The lowest BCUT2D eigenvalue weighted by Gasteiger charge is -2.16. The summed E-state index contributed by atoms with van der Waals surface area (Å²) in [5.74, 6) is 0.770. The minimum Gasteiger partial charge on any atom is -0.356 e. The van der Waals surface area contributed by atoms with Gasteiger partial charge in [-0.05, 0) is 18.4 Å². The Morgan fingerprint density at radius 3 is 2.67 bits per heavy atom. The molecular weight excluding hydrogens is 224 g/mol. The third kappa shape index (κ3) is 2.82. The first-order chi connectivity index (χ1) is 8.76. The zero-order chi connectivity index (χ0) is 13.0. The van der Waals surface area contributed by atoms with E-state index in [9.17, 15) is 0 Å². The van der Waals surface area contributed by atoms with Gasteiger partial charge >= 0.3 is 0 Å². The Morgan fingerprint density at radius 2 is 2.06 bits per heavy atom. The van der Waals surface area contributed by atoms with Crippen molar-refractivity contribution in [3.63, 3.8) is 0 Å². The standard InChI is InChI=1S/C16H22O2/c1-4-14-12(2)16(17-3)18-15(14)11-10-13-8-6-5-7-9-13/h4-9,12,14-16H,1,10-11H2,2-3H3/t12-,14-,15+,16+/m0/s1. The fraction of sp³-hybridized carbons (Fsp3) is 0.500. The van der Waals surface area contributed by atoms with Gasteiger partial charge in [-0.15, -0.1) is 6.58 Å². The summed E-state index contributed by atoms with van der Waals surface area (Å²) in [5, 5.41) is 0. The zero-order valence-corrected chi connectivity index (χ0v) is 11.2. The number of rotatable bonds is 5. The largest absolute Gasteiger partial charge is 0.356 e. The van der Waals surface area contributed by atoms with Crippen molar-refractivity contribution in [1.82, 2.24) is 0 Å². The molecule has 1 aromatic carbocycles.